The molecule has 0 atom stereocenters. The maximum atomic E-state index is 14.0. The van der Waals surface area contributed by atoms with Crippen LogP contribution >= 0.6 is 0 Å². The predicted octanol–water partition coefficient (Wildman–Crippen LogP) is 2.70. The number of anilines is 2. The topological polar surface area (TPSA) is 75.2 Å². The lowest BCUT2D eigenvalue weighted by atomic mass is 9.98. The number of sulfonamides is 1. The quantitative estimate of drug-likeness (QED) is 0.765. The van der Waals surface area contributed by atoms with Crippen molar-refractivity contribution in [2.24, 2.45) is 0 Å². The molecule has 6 nitrogen and oxygen atoms in total. The molecule has 2 aromatic carbocycles. The maximum absolute atomic E-state index is 14.0. The van der Waals surface area contributed by atoms with E-state index in [9.17, 15) is 12.8 Å². The van der Waals surface area contributed by atoms with Gasteiger partial charge in [-0.1, -0.05) is 18.2 Å². The molecule has 26 heavy (non-hydrogen) atoms. The SMILES string of the molecule is CS(=O)(=O)Nc1cccc2c1CCN(c1ncnc3c(F)cccc13)C2. The van der Waals surface area contributed by atoms with Gasteiger partial charge in [0.2, 0.25) is 10.0 Å². The summed E-state index contributed by atoms with van der Waals surface area (Å²) in [6.45, 7) is 1.22. The average molecular weight is 372 g/mol. The number of para-hydroxylation sites is 1. The molecule has 8 heteroatoms. The molecule has 0 saturated heterocycles. The summed E-state index contributed by atoms with van der Waals surface area (Å²) in [4.78, 5) is 10.5. The predicted molar refractivity (Wildman–Crippen MR) is 99.2 cm³/mol. The zero-order chi connectivity index (χ0) is 18.3. The fourth-order valence-corrected chi connectivity index (χ4v) is 3.97. The molecule has 0 amide bonds. The molecule has 134 valence electrons. The zero-order valence-electron chi connectivity index (χ0n) is 14.1. The van der Waals surface area contributed by atoms with Crippen LogP contribution in [0.15, 0.2) is 42.7 Å². The fourth-order valence-electron chi connectivity index (χ4n) is 3.38. The van der Waals surface area contributed by atoms with Gasteiger partial charge in [-0.15, -0.1) is 0 Å². The normalized spacial score (nSPS) is 14.3. The highest BCUT2D eigenvalue weighted by Gasteiger charge is 2.22. The van der Waals surface area contributed by atoms with E-state index in [-0.39, 0.29) is 5.82 Å². The summed E-state index contributed by atoms with van der Waals surface area (Å²) in [6.07, 6.45) is 3.18. The number of halogens is 1. The van der Waals surface area contributed by atoms with Crippen molar-refractivity contribution in [1.29, 1.82) is 0 Å². The smallest absolute Gasteiger partial charge is 0.229 e. The molecule has 0 unspecified atom stereocenters. The monoisotopic (exact) mass is 372 g/mol. The molecule has 1 aliphatic rings. The first-order valence-electron chi connectivity index (χ1n) is 8.15. The molecule has 2 heterocycles. The Morgan fingerprint density at radius 3 is 2.77 bits per heavy atom. The third-order valence-corrected chi connectivity index (χ3v) is 5.05. The first kappa shape index (κ1) is 16.7. The number of fused-ring (bicyclic) bond motifs is 2. The summed E-state index contributed by atoms with van der Waals surface area (Å²) >= 11 is 0. The largest absolute Gasteiger partial charge is 0.351 e. The Morgan fingerprint density at radius 2 is 1.96 bits per heavy atom. The molecule has 0 saturated carbocycles. The van der Waals surface area contributed by atoms with Gasteiger partial charge in [-0.2, -0.15) is 0 Å². The van der Waals surface area contributed by atoms with Gasteiger partial charge in [0, 0.05) is 18.5 Å². The number of hydrogen-bond acceptors (Lipinski definition) is 5. The van der Waals surface area contributed by atoms with Crippen molar-refractivity contribution < 1.29 is 12.8 Å². The highest BCUT2D eigenvalue weighted by molar-refractivity contribution is 7.92. The lowest BCUT2D eigenvalue weighted by molar-refractivity contribution is 0.606. The van der Waals surface area contributed by atoms with Crippen LogP contribution in [0.1, 0.15) is 11.1 Å². The minimum Gasteiger partial charge on any atom is -0.351 e. The standard InChI is InChI=1S/C18H17FN4O2S/c1-26(24,25)22-16-7-2-4-12-10-23(9-8-13(12)16)18-14-5-3-6-15(19)17(14)20-11-21-18/h2-7,11,22H,8-10H2,1H3. The van der Waals surface area contributed by atoms with E-state index in [4.69, 9.17) is 0 Å². The number of nitrogens with one attached hydrogen (secondary N) is 1. The molecule has 0 radical (unpaired) electrons. The van der Waals surface area contributed by atoms with Gasteiger partial charge in [0.25, 0.3) is 0 Å². The van der Waals surface area contributed by atoms with Crippen LogP contribution in [0.25, 0.3) is 10.9 Å². The molecule has 1 N–H and O–H groups in total. The van der Waals surface area contributed by atoms with Crippen molar-refractivity contribution in [3.8, 4) is 0 Å². The van der Waals surface area contributed by atoms with E-state index in [1.54, 1.807) is 12.1 Å². The Hall–Kier alpha value is -2.74. The highest BCUT2D eigenvalue weighted by Crippen LogP contribution is 2.32. The second-order valence-corrected chi connectivity index (χ2v) is 8.07. The van der Waals surface area contributed by atoms with Gasteiger partial charge in [0.15, 0.2) is 0 Å². The molecular weight excluding hydrogens is 355 g/mol. The summed E-state index contributed by atoms with van der Waals surface area (Å²) in [5.74, 6) is 0.310. The Kier molecular flexibility index (Phi) is 3.99. The van der Waals surface area contributed by atoms with Crippen LogP contribution in [0.2, 0.25) is 0 Å². The van der Waals surface area contributed by atoms with Gasteiger partial charge in [-0.25, -0.2) is 22.8 Å². The Labute approximate surface area is 150 Å². The van der Waals surface area contributed by atoms with Crippen LogP contribution in [-0.2, 0) is 23.0 Å². The minimum atomic E-state index is -3.34. The van der Waals surface area contributed by atoms with E-state index in [1.165, 1.54) is 12.4 Å². The number of aromatic nitrogens is 2. The van der Waals surface area contributed by atoms with Crippen LogP contribution in [0.3, 0.4) is 0 Å². The summed E-state index contributed by atoms with van der Waals surface area (Å²) in [6, 6.07) is 10.4. The van der Waals surface area contributed by atoms with Gasteiger partial charge in [0.1, 0.15) is 23.5 Å². The third-order valence-electron chi connectivity index (χ3n) is 4.46. The van der Waals surface area contributed by atoms with Gasteiger partial charge in [-0.3, -0.25) is 4.72 Å². The van der Waals surface area contributed by atoms with Gasteiger partial charge < -0.3 is 4.90 Å². The Bertz CT molecular complexity index is 1100. The highest BCUT2D eigenvalue weighted by atomic mass is 32.2. The lowest BCUT2D eigenvalue weighted by Crippen LogP contribution is -2.32. The van der Waals surface area contributed by atoms with Gasteiger partial charge in [0.05, 0.1) is 11.9 Å². The van der Waals surface area contributed by atoms with E-state index in [1.807, 2.05) is 18.2 Å². The summed E-state index contributed by atoms with van der Waals surface area (Å²) in [5, 5.41) is 0.668. The number of benzene rings is 2. The van der Waals surface area contributed by atoms with Crippen molar-refractivity contribution in [2.75, 3.05) is 22.4 Å². The van der Waals surface area contributed by atoms with Crippen molar-refractivity contribution >= 4 is 32.4 Å². The number of nitrogens with zero attached hydrogens (tertiary/aromatic N) is 3. The summed E-state index contributed by atoms with van der Waals surface area (Å²) < 4.78 is 39.7. The fraction of sp³-hybridized carbons (Fsp3) is 0.222. The second-order valence-electron chi connectivity index (χ2n) is 6.32. The Balaban J connectivity index is 1.72. The molecular formula is C18H17FN4O2S. The van der Waals surface area contributed by atoms with E-state index < -0.39 is 10.0 Å². The number of hydrogen-bond donors (Lipinski definition) is 1. The Morgan fingerprint density at radius 1 is 1.15 bits per heavy atom. The molecule has 0 aliphatic carbocycles. The van der Waals surface area contributed by atoms with Crippen LogP contribution in [0.5, 0.6) is 0 Å². The summed E-state index contributed by atoms with van der Waals surface area (Å²) in [7, 11) is -3.34. The first-order chi connectivity index (χ1) is 12.4. The van der Waals surface area contributed by atoms with Crippen molar-refractivity contribution in [3.63, 3.8) is 0 Å². The molecule has 0 fully saturated rings. The van der Waals surface area contributed by atoms with E-state index in [0.29, 0.717) is 41.9 Å². The molecule has 1 aliphatic heterocycles. The molecule has 3 aromatic rings. The van der Waals surface area contributed by atoms with Crippen LogP contribution in [0.4, 0.5) is 15.9 Å². The van der Waals surface area contributed by atoms with E-state index in [2.05, 4.69) is 19.6 Å². The molecule has 0 spiro atoms. The average Bonchev–Trinajstić information content (AvgIpc) is 2.60. The van der Waals surface area contributed by atoms with E-state index >= 15 is 0 Å². The molecule has 0 bridgehead atoms. The maximum Gasteiger partial charge on any atom is 0.229 e. The van der Waals surface area contributed by atoms with Crippen LogP contribution in [-0.4, -0.2) is 31.2 Å². The number of rotatable bonds is 3. The van der Waals surface area contributed by atoms with Crippen molar-refractivity contribution in [3.05, 3.63) is 59.7 Å². The second kappa shape index (κ2) is 6.21. The first-order valence-corrected chi connectivity index (χ1v) is 10.0. The van der Waals surface area contributed by atoms with Gasteiger partial charge >= 0.3 is 0 Å². The summed E-state index contributed by atoms with van der Waals surface area (Å²) in [5.41, 5.74) is 2.92. The van der Waals surface area contributed by atoms with Crippen molar-refractivity contribution in [2.45, 2.75) is 13.0 Å². The molecule has 4 rings (SSSR count). The third kappa shape index (κ3) is 3.08. The van der Waals surface area contributed by atoms with Gasteiger partial charge in [-0.05, 0) is 35.7 Å². The van der Waals surface area contributed by atoms with E-state index in [0.717, 1.165) is 17.4 Å². The minimum absolute atomic E-state index is 0.302. The lowest BCUT2D eigenvalue weighted by Gasteiger charge is -2.31. The van der Waals surface area contributed by atoms with Crippen LogP contribution in [0, 0.1) is 5.82 Å². The van der Waals surface area contributed by atoms with Crippen molar-refractivity contribution in [1.82, 2.24) is 9.97 Å². The van der Waals surface area contributed by atoms with Crippen LogP contribution < -0.4 is 9.62 Å². The zero-order valence-corrected chi connectivity index (χ0v) is 14.9. The molecule has 1 aromatic heterocycles.